The van der Waals surface area contributed by atoms with Gasteiger partial charge in [-0.15, -0.1) is 11.3 Å². The van der Waals surface area contributed by atoms with Crippen LogP contribution in [0.5, 0.6) is 0 Å². The fourth-order valence-corrected chi connectivity index (χ4v) is 2.68. The van der Waals surface area contributed by atoms with Crippen LogP contribution in [0.1, 0.15) is 10.5 Å². The molecule has 0 spiro atoms. The first-order chi connectivity index (χ1) is 10.6. The Balaban J connectivity index is 1.81. The Hall–Kier alpha value is -2.60. The highest BCUT2D eigenvalue weighted by molar-refractivity contribution is 7.13. The molecule has 2 aromatic carbocycles. The van der Waals surface area contributed by atoms with E-state index >= 15 is 0 Å². The summed E-state index contributed by atoms with van der Waals surface area (Å²) in [5.41, 5.74) is 0.843. The lowest BCUT2D eigenvalue weighted by molar-refractivity contribution is 0.102. The van der Waals surface area contributed by atoms with E-state index in [1.807, 2.05) is 30.3 Å². The summed E-state index contributed by atoms with van der Waals surface area (Å²) in [4.78, 5) is 16.3. The predicted molar refractivity (Wildman–Crippen MR) is 81.9 cm³/mol. The average Bonchev–Trinajstić information content (AvgIpc) is 3.02. The van der Waals surface area contributed by atoms with Crippen molar-refractivity contribution in [2.24, 2.45) is 0 Å². The van der Waals surface area contributed by atoms with Crippen molar-refractivity contribution in [3.63, 3.8) is 0 Å². The van der Waals surface area contributed by atoms with Gasteiger partial charge in [0.15, 0.2) is 0 Å². The molecule has 1 aromatic heterocycles. The number of aromatic nitrogens is 1. The topological polar surface area (TPSA) is 42.0 Å². The highest BCUT2D eigenvalue weighted by Gasteiger charge is 2.14. The van der Waals surface area contributed by atoms with Gasteiger partial charge >= 0.3 is 0 Å². The zero-order chi connectivity index (χ0) is 15.5. The summed E-state index contributed by atoms with van der Waals surface area (Å²) in [6.45, 7) is 0. The number of nitrogens with zero attached hydrogens (tertiary/aromatic N) is 1. The third-order valence-corrected chi connectivity index (χ3v) is 3.83. The lowest BCUT2D eigenvalue weighted by Gasteiger charge is -2.04. The second kappa shape index (κ2) is 6.03. The number of carbonyl (C=O) groups is 1. The van der Waals surface area contributed by atoms with Crippen molar-refractivity contribution >= 4 is 22.9 Å². The summed E-state index contributed by atoms with van der Waals surface area (Å²) < 4.78 is 26.6. The van der Waals surface area contributed by atoms with Gasteiger partial charge in [0.25, 0.3) is 5.91 Å². The molecule has 0 unspecified atom stereocenters. The van der Waals surface area contributed by atoms with Gasteiger partial charge in [-0.2, -0.15) is 0 Å². The molecule has 3 rings (SSSR count). The monoisotopic (exact) mass is 316 g/mol. The van der Waals surface area contributed by atoms with Gasteiger partial charge in [-0.1, -0.05) is 30.3 Å². The molecule has 6 heteroatoms. The maximum atomic E-state index is 13.5. The van der Waals surface area contributed by atoms with E-state index in [1.165, 1.54) is 11.3 Å². The molecule has 0 atom stereocenters. The van der Waals surface area contributed by atoms with Crippen molar-refractivity contribution in [1.29, 1.82) is 0 Å². The summed E-state index contributed by atoms with van der Waals surface area (Å²) >= 11 is 1.31. The number of thiazole rings is 1. The maximum absolute atomic E-state index is 13.5. The van der Waals surface area contributed by atoms with Crippen molar-refractivity contribution in [3.8, 4) is 10.6 Å². The highest BCUT2D eigenvalue weighted by Crippen LogP contribution is 2.24. The van der Waals surface area contributed by atoms with Crippen LogP contribution < -0.4 is 5.32 Å². The van der Waals surface area contributed by atoms with E-state index in [0.29, 0.717) is 5.01 Å². The van der Waals surface area contributed by atoms with Crippen LogP contribution in [0.15, 0.2) is 53.9 Å². The van der Waals surface area contributed by atoms with E-state index < -0.39 is 17.5 Å². The molecule has 0 aliphatic heterocycles. The fraction of sp³-hybridized carbons (Fsp3) is 0. The summed E-state index contributed by atoms with van der Waals surface area (Å²) in [6, 6.07) is 12.3. The number of benzene rings is 2. The quantitative estimate of drug-likeness (QED) is 0.781. The first-order valence-corrected chi connectivity index (χ1v) is 7.29. The lowest BCUT2D eigenvalue weighted by atomic mass is 10.2. The van der Waals surface area contributed by atoms with E-state index in [-0.39, 0.29) is 11.4 Å². The van der Waals surface area contributed by atoms with Crippen LogP contribution in [0.3, 0.4) is 0 Å². The zero-order valence-corrected chi connectivity index (χ0v) is 12.0. The van der Waals surface area contributed by atoms with Crippen LogP contribution >= 0.6 is 11.3 Å². The van der Waals surface area contributed by atoms with Crippen molar-refractivity contribution in [2.75, 3.05) is 5.32 Å². The number of rotatable bonds is 3. The molecule has 110 valence electrons. The molecule has 0 saturated heterocycles. The number of nitrogens with one attached hydrogen (secondary N) is 1. The smallest absolute Gasteiger partial charge is 0.275 e. The van der Waals surface area contributed by atoms with Gasteiger partial charge in [-0.05, 0) is 12.1 Å². The molecule has 0 fully saturated rings. The largest absolute Gasteiger partial charge is 0.318 e. The molecule has 1 heterocycles. The van der Waals surface area contributed by atoms with Crippen molar-refractivity contribution in [1.82, 2.24) is 4.98 Å². The third kappa shape index (κ3) is 3.01. The van der Waals surface area contributed by atoms with Gasteiger partial charge < -0.3 is 5.32 Å². The van der Waals surface area contributed by atoms with E-state index in [0.717, 1.165) is 23.8 Å². The normalized spacial score (nSPS) is 10.5. The molecule has 0 saturated carbocycles. The molecule has 0 aliphatic rings. The van der Waals surface area contributed by atoms with Gasteiger partial charge in [0.1, 0.15) is 22.3 Å². The van der Waals surface area contributed by atoms with E-state index in [4.69, 9.17) is 0 Å². The average molecular weight is 316 g/mol. The zero-order valence-electron chi connectivity index (χ0n) is 11.2. The van der Waals surface area contributed by atoms with E-state index in [2.05, 4.69) is 10.3 Å². The van der Waals surface area contributed by atoms with Crippen molar-refractivity contribution in [2.45, 2.75) is 0 Å². The number of halogens is 2. The minimum absolute atomic E-state index is 0.160. The van der Waals surface area contributed by atoms with Crippen molar-refractivity contribution in [3.05, 3.63) is 71.2 Å². The second-order valence-electron chi connectivity index (χ2n) is 4.48. The van der Waals surface area contributed by atoms with Gasteiger partial charge in [-0.25, -0.2) is 13.8 Å². The van der Waals surface area contributed by atoms with Crippen LogP contribution in [0.25, 0.3) is 10.6 Å². The molecule has 3 aromatic rings. The third-order valence-electron chi connectivity index (χ3n) is 2.93. The van der Waals surface area contributed by atoms with Crippen LogP contribution in [-0.2, 0) is 0 Å². The Labute approximate surface area is 129 Å². The Bertz CT molecular complexity index is 818. The Morgan fingerprint density at radius 2 is 1.86 bits per heavy atom. The predicted octanol–water partition coefficient (Wildman–Crippen LogP) is 4.34. The second-order valence-corrected chi connectivity index (χ2v) is 5.34. The SMILES string of the molecule is O=C(Nc1cc(F)ccc1F)c1csc(-c2ccccc2)n1. The number of carbonyl (C=O) groups excluding carboxylic acids is 1. The molecule has 1 N–H and O–H groups in total. The number of amides is 1. The van der Waals surface area contributed by atoms with Gasteiger partial charge in [0.2, 0.25) is 0 Å². The van der Waals surface area contributed by atoms with Gasteiger partial charge in [0, 0.05) is 17.0 Å². The minimum atomic E-state index is -0.701. The molecule has 1 amide bonds. The molecule has 0 aliphatic carbocycles. The Kier molecular flexibility index (Phi) is 3.93. The van der Waals surface area contributed by atoms with Crippen LogP contribution in [0.4, 0.5) is 14.5 Å². The Morgan fingerprint density at radius 3 is 2.64 bits per heavy atom. The summed E-state index contributed by atoms with van der Waals surface area (Å²) in [6.07, 6.45) is 0. The molecular formula is C16H10F2N2OS. The fourth-order valence-electron chi connectivity index (χ4n) is 1.87. The number of hydrogen-bond acceptors (Lipinski definition) is 3. The summed E-state index contributed by atoms with van der Waals surface area (Å²) in [5, 5.41) is 4.59. The molecule has 22 heavy (non-hydrogen) atoms. The van der Waals surface area contributed by atoms with Gasteiger partial charge in [0.05, 0.1) is 5.69 Å². The van der Waals surface area contributed by atoms with Crippen LogP contribution in [0, 0.1) is 11.6 Å². The van der Waals surface area contributed by atoms with Gasteiger partial charge in [-0.3, -0.25) is 4.79 Å². The van der Waals surface area contributed by atoms with E-state index in [1.54, 1.807) is 5.38 Å². The first-order valence-electron chi connectivity index (χ1n) is 6.41. The standard InChI is InChI=1S/C16H10F2N2OS/c17-11-6-7-12(18)13(8-11)19-15(21)14-9-22-16(20-14)10-4-2-1-3-5-10/h1-9H,(H,19,21). The maximum Gasteiger partial charge on any atom is 0.275 e. The minimum Gasteiger partial charge on any atom is -0.318 e. The summed E-state index contributed by atoms with van der Waals surface area (Å²) in [7, 11) is 0. The number of hydrogen-bond donors (Lipinski definition) is 1. The van der Waals surface area contributed by atoms with Crippen LogP contribution in [0.2, 0.25) is 0 Å². The molecule has 0 radical (unpaired) electrons. The van der Waals surface area contributed by atoms with Crippen LogP contribution in [-0.4, -0.2) is 10.9 Å². The van der Waals surface area contributed by atoms with E-state index in [9.17, 15) is 13.6 Å². The first kappa shape index (κ1) is 14.3. The van der Waals surface area contributed by atoms with Crippen molar-refractivity contribution < 1.29 is 13.6 Å². The molecular weight excluding hydrogens is 306 g/mol. The molecule has 3 nitrogen and oxygen atoms in total. The summed E-state index contributed by atoms with van der Waals surface area (Å²) in [5.74, 6) is -1.91. The Morgan fingerprint density at radius 1 is 1.09 bits per heavy atom. The molecule has 0 bridgehead atoms. The lowest BCUT2D eigenvalue weighted by Crippen LogP contribution is -2.13. The highest BCUT2D eigenvalue weighted by atomic mass is 32.1. The number of anilines is 1.